The number of carboxylic acid groups (broad SMARTS) is 1. The van der Waals surface area contributed by atoms with Gasteiger partial charge in [0.2, 0.25) is 5.91 Å². The summed E-state index contributed by atoms with van der Waals surface area (Å²) in [6, 6.07) is -0.0952. The Morgan fingerprint density at radius 2 is 2.05 bits per heavy atom. The van der Waals surface area contributed by atoms with E-state index in [9.17, 15) is 14.7 Å². The summed E-state index contributed by atoms with van der Waals surface area (Å²) in [5.41, 5.74) is 4.90. The highest BCUT2D eigenvalue weighted by Crippen LogP contribution is 2.42. The van der Waals surface area contributed by atoms with Crippen LogP contribution in [-0.2, 0) is 9.59 Å². The van der Waals surface area contributed by atoms with E-state index in [0.717, 1.165) is 12.8 Å². The summed E-state index contributed by atoms with van der Waals surface area (Å²) < 4.78 is 0. The fourth-order valence-corrected chi connectivity index (χ4v) is 3.93. The van der Waals surface area contributed by atoms with Crippen molar-refractivity contribution in [3.8, 4) is 0 Å². The van der Waals surface area contributed by atoms with Gasteiger partial charge in [0.15, 0.2) is 0 Å². The molecule has 1 saturated heterocycles. The molecule has 3 N–H and O–H groups in total. The lowest BCUT2D eigenvalue weighted by Crippen LogP contribution is -2.58. The summed E-state index contributed by atoms with van der Waals surface area (Å²) >= 11 is 0. The summed E-state index contributed by atoms with van der Waals surface area (Å²) in [7, 11) is 2.05. The third-order valence-electron chi connectivity index (χ3n) is 5.71. The average molecular weight is 311 g/mol. The number of rotatable bonds is 4. The number of carbonyl (C=O) groups excluding carboxylic acids is 1. The molecule has 0 aromatic carbocycles. The predicted molar refractivity (Wildman–Crippen MR) is 84.4 cm³/mol. The number of amides is 1. The van der Waals surface area contributed by atoms with Gasteiger partial charge in [-0.2, -0.15) is 0 Å². The Balaban J connectivity index is 2.22. The highest BCUT2D eigenvalue weighted by molar-refractivity contribution is 5.85. The van der Waals surface area contributed by atoms with Crippen LogP contribution in [0.5, 0.6) is 0 Å². The Morgan fingerprint density at radius 1 is 1.41 bits per heavy atom. The molecular formula is C16H29N3O3. The second kappa shape index (κ2) is 6.16. The number of hydrogen-bond donors (Lipinski definition) is 2. The second-order valence-corrected chi connectivity index (χ2v) is 7.36. The Kier molecular flexibility index (Phi) is 4.82. The second-order valence-electron chi connectivity index (χ2n) is 7.36. The molecule has 126 valence electrons. The van der Waals surface area contributed by atoms with Crippen molar-refractivity contribution in [2.45, 2.75) is 70.6 Å². The summed E-state index contributed by atoms with van der Waals surface area (Å²) in [6.45, 7) is 6.61. The Hall–Kier alpha value is -1.14. The van der Waals surface area contributed by atoms with Gasteiger partial charge in [-0.3, -0.25) is 9.59 Å². The van der Waals surface area contributed by atoms with E-state index in [-0.39, 0.29) is 18.0 Å². The highest BCUT2D eigenvalue weighted by atomic mass is 16.4. The van der Waals surface area contributed by atoms with Crippen molar-refractivity contribution in [3.63, 3.8) is 0 Å². The molecule has 1 aliphatic heterocycles. The molecule has 4 atom stereocenters. The SMILES string of the molecule is CC(C)N(C)C1CCC(N2CC[C@H](N)C2=O)C(C)(C(=O)O)C1. The van der Waals surface area contributed by atoms with Crippen LogP contribution >= 0.6 is 0 Å². The van der Waals surface area contributed by atoms with Gasteiger partial charge in [-0.25, -0.2) is 0 Å². The molecule has 0 bridgehead atoms. The van der Waals surface area contributed by atoms with E-state index in [1.165, 1.54) is 0 Å². The maximum absolute atomic E-state index is 12.2. The van der Waals surface area contributed by atoms with Gasteiger partial charge in [0, 0.05) is 24.7 Å². The van der Waals surface area contributed by atoms with E-state index in [0.29, 0.717) is 25.4 Å². The lowest BCUT2D eigenvalue weighted by Gasteiger charge is -2.48. The minimum atomic E-state index is -0.911. The molecule has 0 spiro atoms. The lowest BCUT2D eigenvalue weighted by molar-refractivity contribution is -0.159. The van der Waals surface area contributed by atoms with Crippen LogP contribution in [0.3, 0.4) is 0 Å². The van der Waals surface area contributed by atoms with Crippen LogP contribution in [-0.4, -0.2) is 64.5 Å². The monoisotopic (exact) mass is 311 g/mol. The highest BCUT2D eigenvalue weighted by Gasteiger charge is 2.52. The third kappa shape index (κ3) is 2.86. The average Bonchev–Trinajstić information content (AvgIpc) is 2.78. The fourth-order valence-electron chi connectivity index (χ4n) is 3.93. The van der Waals surface area contributed by atoms with Crippen molar-refractivity contribution in [1.29, 1.82) is 0 Å². The zero-order chi connectivity index (χ0) is 16.7. The first kappa shape index (κ1) is 17.2. The summed E-state index contributed by atoms with van der Waals surface area (Å²) in [4.78, 5) is 28.2. The van der Waals surface area contributed by atoms with E-state index < -0.39 is 17.4 Å². The van der Waals surface area contributed by atoms with Gasteiger partial charge in [-0.05, 0) is 53.5 Å². The number of nitrogens with zero attached hydrogens (tertiary/aromatic N) is 2. The zero-order valence-corrected chi connectivity index (χ0v) is 14.1. The van der Waals surface area contributed by atoms with Crippen molar-refractivity contribution in [2.75, 3.05) is 13.6 Å². The first-order valence-corrected chi connectivity index (χ1v) is 8.20. The lowest BCUT2D eigenvalue weighted by atomic mass is 9.68. The smallest absolute Gasteiger partial charge is 0.311 e. The molecule has 1 aliphatic carbocycles. The summed E-state index contributed by atoms with van der Waals surface area (Å²) in [6.07, 6.45) is 2.84. The minimum Gasteiger partial charge on any atom is -0.481 e. The van der Waals surface area contributed by atoms with Crippen molar-refractivity contribution < 1.29 is 14.7 Å². The van der Waals surface area contributed by atoms with E-state index >= 15 is 0 Å². The van der Waals surface area contributed by atoms with Gasteiger partial charge < -0.3 is 20.6 Å². The maximum Gasteiger partial charge on any atom is 0.311 e. The van der Waals surface area contributed by atoms with Crippen LogP contribution < -0.4 is 5.73 Å². The normalized spacial score (nSPS) is 36.4. The zero-order valence-electron chi connectivity index (χ0n) is 14.1. The predicted octanol–water partition coefficient (Wildman–Crippen LogP) is 0.898. The van der Waals surface area contributed by atoms with E-state index in [1.807, 2.05) is 0 Å². The van der Waals surface area contributed by atoms with Crippen LogP contribution in [0, 0.1) is 5.41 Å². The minimum absolute atomic E-state index is 0.0897. The molecule has 2 aliphatic rings. The molecule has 6 heteroatoms. The number of carbonyl (C=O) groups is 2. The summed E-state index contributed by atoms with van der Waals surface area (Å²) in [5.74, 6) is -0.902. The first-order chi connectivity index (χ1) is 10.2. The Morgan fingerprint density at radius 3 is 2.50 bits per heavy atom. The molecule has 3 unspecified atom stereocenters. The van der Waals surface area contributed by atoms with E-state index in [4.69, 9.17) is 5.73 Å². The molecule has 1 saturated carbocycles. The van der Waals surface area contributed by atoms with Gasteiger partial charge in [-0.1, -0.05) is 0 Å². The number of carboxylic acids is 1. The van der Waals surface area contributed by atoms with Crippen LogP contribution in [0.15, 0.2) is 0 Å². The number of aliphatic carboxylic acids is 1. The fraction of sp³-hybridized carbons (Fsp3) is 0.875. The molecule has 0 radical (unpaired) electrons. The molecular weight excluding hydrogens is 282 g/mol. The standard InChI is InChI=1S/C16H29N3O3/c1-10(2)18(4)11-5-6-13(16(3,9-11)15(21)22)19-8-7-12(17)14(19)20/h10-13H,5-9,17H2,1-4H3,(H,21,22)/t11?,12-,13?,16?/m0/s1. The Labute approximate surface area is 132 Å². The summed E-state index contributed by atoms with van der Waals surface area (Å²) in [5, 5.41) is 9.83. The molecule has 0 aromatic rings. The molecule has 22 heavy (non-hydrogen) atoms. The topological polar surface area (TPSA) is 86.9 Å². The van der Waals surface area contributed by atoms with Crippen LogP contribution in [0.2, 0.25) is 0 Å². The van der Waals surface area contributed by atoms with Gasteiger partial charge >= 0.3 is 5.97 Å². The largest absolute Gasteiger partial charge is 0.481 e. The molecule has 2 fully saturated rings. The molecule has 1 heterocycles. The van der Waals surface area contributed by atoms with Crippen LogP contribution in [0.1, 0.15) is 46.5 Å². The first-order valence-electron chi connectivity index (χ1n) is 8.20. The van der Waals surface area contributed by atoms with E-state index in [2.05, 4.69) is 25.8 Å². The van der Waals surface area contributed by atoms with Gasteiger partial charge in [0.1, 0.15) is 0 Å². The van der Waals surface area contributed by atoms with Crippen molar-refractivity contribution in [2.24, 2.45) is 11.1 Å². The molecule has 0 aromatic heterocycles. The van der Waals surface area contributed by atoms with Gasteiger partial charge in [0.05, 0.1) is 11.5 Å². The number of hydrogen-bond acceptors (Lipinski definition) is 4. The molecule has 1 amide bonds. The van der Waals surface area contributed by atoms with Crippen LogP contribution in [0.25, 0.3) is 0 Å². The van der Waals surface area contributed by atoms with Crippen LogP contribution in [0.4, 0.5) is 0 Å². The number of likely N-dealkylation sites (tertiary alicyclic amines) is 1. The van der Waals surface area contributed by atoms with Gasteiger partial charge in [-0.15, -0.1) is 0 Å². The number of nitrogens with two attached hydrogens (primary N) is 1. The third-order valence-corrected chi connectivity index (χ3v) is 5.71. The molecule has 6 nitrogen and oxygen atoms in total. The van der Waals surface area contributed by atoms with Crippen molar-refractivity contribution in [1.82, 2.24) is 9.80 Å². The van der Waals surface area contributed by atoms with Gasteiger partial charge in [0.25, 0.3) is 0 Å². The maximum atomic E-state index is 12.2. The van der Waals surface area contributed by atoms with E-state index in [1.54, 1.807) is 11.8 Å². The van der Waals surface area contributed by atoms with Crippen molar-refractivity contribution in [3.05, 3.63) is 0 Å². The molecule has 2 rings (SSSR count). The van der Waals surface area contributed by atoms with Crippen molar-refractivity contribution >= 4 is 11.9 Å². The quantitative estimate of drug-likeness (QED) is 0.805. The Bertz CT molecular complexity index is 454.